The lowest BCUT2D eigenvalue weighted by Gasteiger charge is -2.27. The van der Waals surface area contributed by atoms with Crippen molar-refractivity contribution in [3.63, 3.8) is 0 Å². The Hall–Kier alpha value is -1.77. The molecule has 0 spiro atoms. The summed E-state index contributed by atoms with van der Waals surface area (Å²) in [4.78, 5) is 23.9. The van der Waals surface area contributed by atoms with Crippen molar-refractivity contribution in [1.29, 1.82) is 5.26 Å². The lowest BCUT2D eigenvalue weighted by Crippen LogP contribution is -2.45. The molecule has 6 nitrogen and oxygen atoms in total. The van der Waals surface area contributed by atoms with Crippen LogP contribution in [0.2, 0.25) is 0 Å². The summed E-state index contributed by atoms with van der Waals surface area (Å²) in [7, 11) is 0. The molecule has 6 heteroatoms. The van der Waals surface area contributed by atoms with Gasteiger partial charge in [-0.1, -0.05) is 0 Å². The van der Waals surface area contributed by atoms with Gasteiger partial charge in [0.2, 0.25) is 0 Å². The molecule has 0 aromatic carbocycles. The Morgan fingerprint density at radius 3 is 2.47 bits per heavy atom. The van der Waals surface area contributed by atoms with E-state index in [2.05, 4.69) is 0 Å². The molecule has 1 heterocycles. The third-order valence-corrected chi connectivity index (χ3v) is 2.44. The normalized spacial score (nSPS) is 24.2. The molecule has 0 bridgehead atoms. The number of nitriles is 1. The molecular formula is C11H16N2O4. The number of likely N-dealkylation sites (tertiary alicyclic amines) is 1. The zero-order chi connectivity index (χ0) is 13.2. The molecule has 0 aromatic rings. The van der Waals surface area contributed by atoms with Crippen LogP contribution in [-0.4, -0.2) is 40.3 Å². The van der Waals surface area contributed by atoms with Crippen molar-refractivity contribution in [2.45, 2.75) is 38.8 Å². The Morgan fingerprint density at radius 2 is 2.06 bits per heavy atom. The summed E-state index contributed by atoms with van der Waals surface area (Å²) in [5, 5.41) is 17.9. The van der Waals surface area contributed by atoms with Crippen molar-refractivity contribution >= 4 is 12.1 Å². The monoisotopic (exact) mass is 240 g/mol. The number of carboxylic acids is 1. The van der Waals surface area contributed by atoms with Gasteiger partial charge < -0.3 is 9.84 Å². The first-order valence-corrected chi connectivity index (χ1v) is 5.38. The molecule has 17 heavy (non-hydrogen) atoms. The first-order chi connectivity index (χ1) is 7.76. The summed E-state index contributed by atoms with van der Waals surface area (Å²) in [5.74, 6) is -1.83. The number of nitrogens with zero attached hydrogens (tertiary/aromatic N) is 2. The average Bonchev–Trinajstić information content (AvgIpc) is 2.57. The Labute approximate surface area is 99.8 Å². The SMILES string of the molecule is CC(C)(C)OC(=O)N1CCC(C#N)[C@H]1C(=O)O. The van der Waals surface area contributed by atoms with Crippen LogP contribution in [0.25, 0.3) is 0 Å². The molecular weight excluding hydrogens is 224 g/mol. The Bertz CT molecular complexity index is 367. The number of hydrogen-bond donors (Lipinski definition) is 1. The topological polar surface area (TPSA) is 90.6 Å². The summed E-state index contributed by atoms with van der Waals surface area (Å²) in [6.45, 7) is 5.36. The number of rotatable bonds is 1. The van der Waals surface area contributed by atoms with Crippen molar-refractivity contribution in [3.05, 3.63) is 0 Å². The van der Waals surface area contributed by atoms with Crippen LogP contribution in [0, 0.1) is 17.2 Å². The number of carbonyl (C=O) groups is 2. The lowest BCUT2D eigenvalue weighted by molar-refractivity contribution is -0.142. The highest BCUT2D eigenvalue weighted by atomic mass is 16.6. The molecule has 2 atom stereocenters. The molecule has 1 aliphatic heterocycles. The van der Waals surface area contributed by atoms with Gasteiger partial charge in [-0.05, 0) is 27.2 Å². The molecule has 0 radical (unpaired) electrons. The van der Waals surface area contributed by atoms with E-state index in [1.807, 2.05) is 6.07 Å². The van der Waals surface area contributed by atoms with E-state index in [9.17, 15) is 9.59 Å². The maximum atomic E-state index is 11.8. The van der Waals surface area contributed by atoms with Crippen molar-refractivity contribution < 1.29 is 19.4 Å². The Morgan fingerprint density at radius 1 is 1.47 bits per heavy atom. The minimum absolute atomic E-state index is 0.240. The van der Waals surface area contributed by atoms with E-state index < -0.39 is 29.6 Å². The summed E-state index contributed by atoms with van der Waals surface area (Å²) in [6, 6.07) is 0.811. The molecule has 1 amide bonds. The van der Waals surface area contributed by atoms with Gasteiger partial charge in [-0.15, -0.1) is 0 Å². The van der Waals surface area contributed by atoms with Crippen LogP contribution in [0.4, 0.5) is 4.79 Å². The van der Waals surface area contributed by atoms with Crippen LogP contribution in [0.15, 0.2) is 0 Å². The van der Waals surface area contributed by atoms with Crippen LogP contribution < -0.4 is 0 Å². The molecule has 1 unspecified atom stereocenters. The Kier molecular flexibility index (Phi) is 3.61. The first-order valence-electron chi connectivity index (χ1n) is 5.38. The van der Waals surface area contributed by atoms with Gasteiger partial charge in [-0.2, -0.15) is 5.26 Å². The number of carbonyl (C=O) groups excluding carboxylic acids is 1. The van der Waals surface area contributed by atoms with E-state index >= 15 is 0 Å². The van der Waals surface area contributed by atoms with E-state index in [4.69, 9.17) is 15.1 Å². The number of aliphatic carboxylic acids is 1. The predicted molar refractivity (Wildman–Crippen MR) is 58.1 cm³/mol. The molecule has 1 N–H and O–H groups in total. The molecule has 1 fully saturated rings. The quantitative estimate of drug-likeness (QED) is 0.744. The van der Waals surface area contributed by atoms with Gasteiger partial charge >= 0.3 is 12.1 Å². The second kappa shape index (κ2) is 4.62. The van der Waals surface area contributed by atoms with Gasteiger partial charge in [0.15, 0.2) is 0 Å². The zero-order valence-corrected chi connectivity index (χ0v) is 10.1. The number of carboxylic acid groups (broad SMARTS) is 1. The first kappa shape index (κ1) is 13.3. The van der Waals surface area contributed by atoms with Crippen molar-refractivity contribution in [1.82, 2.24) is 4.90 Å². The molecule has 94 valence electrons. The van der Waals surface area contributed by atoms with E-state index in [1.165, 1.54) is 0 Å². The highest BCUT2D eigenvalue weighted by molar-refractivity contribution is 5.81. The van der Waals surface area contributed by atoms with Crippen LogP contribution >= 0.6 is 0 Å². The summed E-state index contributed by atoms with van der Waals surface area (Å²) >= 11 is 0. The van der Waals surface area contributed by atoms with Crippen LogP contribution in [-0.2, 0) is 9.53 Å². The van der Waals surface area contributed by atoms with Crippen LogP contribution in [0.1, 0.15) is 27.2 Å². The maximum Gasteiger partial charge on any atom is 0.411 e. The third kappa shape index (κ3) is 3.09. The fraction of sp³-hybridized carbons (Fsp3) is 0.727. The molecule has 0 aliphatic carbocycles. The fourth-order valence-electron chi connectivity index (χ4n) is 1.76. The van der Waals surface area contributed by atoms with E-state index in [-0.39, 0.29) is 6.54 Å². The van der Waals surface area contributed by atoms with Gasteiger partial charge in [0.05, 0.1) is 12.0 Å². The van der Waals surface area contributed by atoms with Crippen molar-refractivity contribution in [2.75, 3.05) is 6.54 Å². The highest BCUT2D eigenvalue weighted by Crippen LogP contribution is 2.26. The molecule has 0 aromatic heterocycles. The molecule has 0 saturated carbocycles. The van der Waals surface area contributed by atoms with Crippen molar-refractivity contribution in [2.24, 2.45) is 5.92 Å². The van der Waals surface area contributed by atoms with Gasteiger partial charge in [0, 0.05) is 6.54 Å². The highest BCUT2D eigenvalue weighted by Gasteiger charge is 2.43. The fourth-order valence-corrected chi connectivity index (χ4v) is 1.76. The van der Waals surface area contributed by atoms with Gasteiger partial charge in [0.25, 0.3) is 0 Å². The summed E-state index contributed by atoms with van der Waals surface area (Å²) in [6.07, 6.45) is -0.310. The second-order valence-corrected chi connectivity index (χ2v) is 4.98. The second-order valence-electron chi connectivity index (χ2n) is 4.98. The molecule has 1 saturated heterocycles. The van der Waals surface area contributed by atoms with E-state index in [0.717, 1.165) is 4.90 Å². The van der Waals surface area contributed by atoms with E-state index in [0.29, 0.717) is 6.42 Å². The number of amides is 1. The Balaban J connectivity index is 2.81. The standard InChI is InChI=1S/C11H16N2O4/c1-11(2,3)17-10(16)13-5-4-7(6-12)8(13)9(14)15/h7-8H,4-5H2,1-3H3,(H,14,15)/t7?,8-/m0/s1. The number of ether oxygens (including phenoxy) is 1. The zero-order valence-electron chi connectivity index (χ0n) is 10.1. The smallest absolute Gasteiger partial charge is 0.411 e. The lowest BCUT2D eigenvalue weighted by atomic mass is 10.0. The summed E-state index contributed by atoms with van der Waals surface area (Å²) < 4.78 is 5.11. The van der Waals surface area contributed by atoms with Crippen LogP contribution in [0.3, 0.4) is 0 Å². The van der Waals surface area contributed by atoms with Crippen molar-refractivity contribution in [3.8, 4) is 6.07 Å². The minimum atomic E-state index is -1.17. The predicted octanol–water partition coefficient (Wildman–Crippen LogP) is 1.22. The minimum Gasteiger partial charge on any atom is -0.480 e. The largest absolute Gasteiger partial charge is 0.480 e. The maximum absolute atomic E-state index is 11.8. The van der Waals surface area contributed by atoms with Gasteiger partial charge in [-0.3, -0.25) is 4.90 Å². The van der Waals surface area contributed by atoms with Gasteiger partial charge in [-0.25, -0.2) is 9.59 Å². The number of hydrogen-bond acceptors (Lipinski definition) is 4. The van der Waals surface area contributed by atoms with E-state index in [1.54, 1.807) is 20.8 Å². The van der Waals surface area contributed by atoms with Crippen LogP contribution in [0.5, 0.6) is 0 Å². The van der Waals surface area contributed by atoms with Gasteiger partial charge in [0.1, 0.15) is 11.6 Å². The molecule has 1 rings (SSSR count). The molecule has 1 aliphatic rings. The third-order valence-electron chi connectivity index (χ3n) is 2.44. The summed E-state index contributed by atoms with van der Waals surface area (Å²) in [5.41, 5.74) is -0.676. The average molecular weight is 240 g/mol.